The molecule has 0 saturated heterocycles. The fourth-order valence-electron chi connectivity index (χ4n) is 3.22. The number of ether oxygens (including phenoxy) is 2. The maximum absolute atomic E-state index is 13.9. The molecule has 0 aliphatic carbocycles. The lowest BCUT2D eigenvalue weighted by Crippen LogP contribution is -2.21. The minimum absolute atomic E-state index is 0.283. The summed E-state index contributed by atoms with van der Waals surface area (Å²) in [4.78, 5) is 12.5. The van der Waals surface area contributed by atoms with Crippen LogP contribution in [0.3, 0.4) is 0 Å². The van der Waals surface area contributed by atoms with E-state index in [0.717, 1.165) is 5.69 Å². The molecule has 0 unspecified atom stereocenters. The standard InChI is InChI=1S/C21H21FN4O3/c1-13-20(14(2)26(25-13)12-15-5-3-4-6-17(15)22)24-21(27)23-16-7-8-18-19(11-16)29-10-9-28-18/h3-8,11H,9-10,12H2,1-2H3,(H2,23,24,27). The van der Waals surface area contributed by atoms with Gasteiger partial charge in [-0.15, -0.1) is 0 Å². The number of rotatable bonds is 4. The number of nitrogens with one attached hydrogen (secondary N) is 2. The van der Waals surface area contributed by atoms with Crippen LogP contribution in [-0.4, -0.2) is 29.0 Å². The number of urea groups is 1. The van der Waals surface area contributed by atoms with Gasteiger partial charge >= 0.3 is 6.03 Å². The molecule has 0 fully saturated rings. The van der Waals surface area contributed by atoms with Gasteiger partial charge in [0.15, 0.2) is 11.5 Å². The van der Waals surface area contributed by atoms with E-state index in [9.17, 15) is 9.18 Å². The second kappa shape index (κ2) is 7.83. The van der Waals surface area contributed by atoms with Crippen molar-refractivity contribution in [2.45, 2.75) is 20.4 Å². The van der Waals surface area contributed by atoms with E-state index in [1.165, 1.54) is 6.07 Å². The molecular formula is C21H21FN4O3. The monoisotopic (exact) mass is 396 g/mol. The van der Waals surface area contributed by atoms with Crippen molar-refractivity contribution in [3.05, 3.63) is 65.2 Å². The molecule has 3 aromatic rings. The largest absolute Gasteiger partial charge is 0.486 e. The van der Waals surface area contributed by atoms with Crippen LogP contribution < -0.4 is 20.1 Å². The average Bonchev–Trinajstić information content (AvgIpc) is 2.97. The lowest BCUT2D eigenvalue weighted by molar-refractivity contribution is 0.171. The van der Waals surface area contributed by atoms with Gasteiger partial charge in [0.05, 0.1) is 23.6 Å². The van der Waals surface area contributed by atoms with Gasteiger partial charge in [0.1, 0.15) is 19.0 Å². The molecule has 29 heavy (non-hydrogen) atoms. The van der Waals surface area contributed by atoms with Gasteiger partial charge in [0.25, 0.3) is 0 Å². The molecule has 0 saturated carbocycles. The molecule has 1 aliphatic heterocycles. The Bertz CT molecular complexity index is 1060. The Morgan fingerprint density at radius 2 is 1.86 bits per heavy atom. The fraction of sp³-hybridized carbons (Fsp3) is 0.238. The maximum Gasteiger partial charge on any atom is 0.323 e. The SMILES string of the molecule is Cc1nn(Cc2ccccc2F)c(C)c1NC(=O)Nc1ccc2c(c1)OCCO2. The molecule has 0 bridgehead atoms. The summed E-state index contributed by atoms with van der Waals surface area (Å²) in [7, 11) is 0. The summed E-state index contributed by atoms with van der Waals surface area (Å²) in [5, 5.41) is 10.0. The zero-order valence-corrected chi connectivity index (χ0v) is 16.2. The smallest absolute Gasteiger partial charge is 0.323 e. The normalized spacial score (nSPS) is 12.5. The Morgan fingerprint density at radius 1 is 1.10 bits per heavy atom. The molecular weight excluding hydrogens is 375 g/mol. The number of carbonyl (C=O) groups excluding carboxylic acids is 1. The molecule has 150 valence electrons. The van der Waals surface area contributed by atoms with Crippen molar-refractivity contribution in [3.63, 3.8) is 0 Å². The molecule has 1 aromatic heterocycles. The van der Waals surface area contributed by atoms with E-state index in [-0.39, 0.29) is 12.4 Å². The molecule has 4 rings (SSSR count). The van der Waals surface area contributed by atoms with E-state index < -0.39 is 6.03 Å². The van der Waals surface area contributed by atoms with Crippen molar-refractivity contribution >= 4 is 17.4 Å². The van der Waals surface area contributed by atoms with Crippen molar-refractivity contribution in [3.8, 4) is 11.5 Å². The number of carbonyl (C=O) groups is 1. The first kappa shape index (κ1) is 18.8. The van der Waals surface area contributed by atoms with E-state index >= 15 is 0 Å². The van der Waals surface area contributed by atoms with Crippen LogP contribution in [0.4, 0.5) is 20.6 Å². The lowest BCUT2D eigenvalue weighted by Gasteiger charge is -2.19. The average molecular weight is 396 g/mol. The van der Waals surface area contributed by atoms with Gasteiger partial charge in [-0.2, -0.15) is 5.10 Å². The fourth-order valence-corrected chi connectivity index (χ4v) is 3.22. The summed E-state index contributed by atoms with van der Waals surface area (Å²) in [5.41, 5.74) is 3.10. The van der Waals surface area contributed by atoms with Crippen molar-refractivity contribution in [2.24, 2.45) is 0 Å². The van der Waals surface area contributed by atoms with Crippen LogP contribution in [-0.2, 0) is 6.54 Å². The number of benzene rings is 2. The van der Waals surface area contributed by atoms with E-state index in [2.05, 4.69) is 15.7 Å². The van der Waals surface area contributed by atoms with Gasteiger partial charge in [-0.1, -0.05) is 18.2 Å². The number of halogens is 1. The van der Waals surface area contributed by atoms with Crippen LogP contribution in [0.5, 0.6) is 11.5 Å². The summed E-state index contributed by atoms with van der Waals surface area (Å²) < 4.78 is 26.6. The molecule has 2 N–H and O–H groups in total. The minimum Gasteiger partial charge on any atom is -0.486 e. The predicted molar refractivity (Wildman–Crippen MR) is 107 cm³/mol. The summed E-state index contributed by atoms with van der Waals surface area (Å²) >= 11 is 0. The van der Waals surface area contributed by atoms with Gasteiger partial charge in [0.2, 0.25) is 0 Å². The number of nitrogens with zero attached hydrogens (tertiary/aromatic N) is 2. The van der Waals surface area contributed by atoms with Crippen molar-refractivity contribution < 1.29 is 18.7 Å². The van der Waals surface area contributed by atoms with E-state index in [4.69, 9.17) is 9.47 Å². The zero-order chi connectivity index (χ0) is 20.4. The third kappa shape index (κ3) is 4.01. The van der Waals surface area contributed by atoms with Gasteiger partial charge in [-0.25, -0.2) is 9.18 Å². The quantitative estimate of drug-likeness (QED) is 0.696. The van der Waals surface area contributed by atoms with Crippen LogP contribution in [0.2, 0.25) is 0 Å². The predicted octanol–water partition coefficient (Wildman–Crippen LogP) is 4.10. The second-order valence-electron chi connectivity index (χ2n) is 6.73. The van der Waals surface area contributed by atoms with Crippen LogP contribution in [0.15, 0.2) is 42.5 Å². The van der Waals surface area contributed by atoms with Crippen molar-refractivity contribution in [2.75, 3.05) is 23.8 Å². The third-order valence-electron chi connectivity index (χ3n) is 4.70. The zero-order valence-electron chi connectivity index (χ0n) is 16.2. The van der Waals surface area contributed by atoms with Gasteiger partial charge in [-0.3, -0.25) is 4.68 Å². The second-order valence-corrected chi connectivity index (χ2v) is 6.73. The highest BCUT2D eigenvalue weighted by Gasteiger charge is 2.17. The molecule has 8 heteroatoms. The Kier molecular flexibility index (Phi) is 5.07. The number of aromatic nitrogens is 2. The van der Waals surface area contributed by atoms with Crippen LogP contribution >= 0.6 is 0 Å². The van der Waals surface area contributed by atoms with Gasteiger partial charge in [-0.05, 0) is 32.0 Å². The Balaban J connectivity index is 1.47. The Morgan fingerprint density at radius 3 is 2.66 bits per heavy atom. The molecule has 1 aliphatic rings. The summed E-state index contributed by atoms with van der Waals surface area (Å²) in [5.74, 6) is 0.966. The van der Waals surface area contributed by atoms with Gasteiger partial charge in [0, 0.05) is 17.3 Å². The number of amides is 2. The summed E-state index contributed by atoms with van der Waals surface area (Å²) in [6.45, 7) is 4.90. The highest BCUT2D eigenvalue weighted by molar-refractivity contribution is 6.00. The molecule has 0 radical (unpaired) electrons. The molecule has 2 heterocycles. The lowest BCUT2D eigenvalue weighted by atomic mass is 10.2. The van der Waals surface area contributed by atoms with Crippen molar-refractivity contribution in [1.82, 2.24) is 9.78 Å². The van der Waals surface area contributed by atoms with Crippen LogP contribution in [0.1, 0.15) is 17.0 Å². The topological polar surface area (TPSA) is 77.4 Å². The molecule has 0 atom stereocenters. The number of anilines is 2. The molecule has 7 nitrogen and oxygen atoms in total. The van der Waals surface area contributed by atoms with E-state index in [0.29, 0.717) is 47.3 Å². The Labute approximate surface area is 167 Å². The van der Waals surface area contributed by atoms with E-state index in [1.54, 1.807) is 48.0 Å². The first-order valence-electron chi connectivity index (χ1n) is 9.26. The van der Waals surface area contributed by atoms with Crippen LogP contribution in [0, 0.1) is 19.7 Å². The number of hydrogen-bond donors (Lipinski definition) is 2. The first-order chi connectivity index (χ1) is 14.0. The third-order valence-corrected chi connectivity index (χ3v) is 4.70. The molecule has 0 spiro atoms. The first-order valence-corrected chi connectivity index (χ1v) is 9.26. The van der Waals surface area contributed by atoms with E-state index in [1.807, 2.05) is 6.92 Å². The maximum atomic E-state index is 13.9. The summed E-state index contributed by atoms with van der Waals surface area (Å²) in [6, 6.07) is 11.4. The molecule has 2 amide bonds. The van der Waals surface area contributed by atoms with Gasteiger partial charge < -0.3 is 20.1 Å². The number of aryl methyl sites for hydroxylation is 1. The number of fused-ring (bicyclic) bond motifs is 1. The molecule has 2 aromatic carbocycles. The van der Waals surface area contributed by atoms with Crippen LogP contribution in [0.25, 0.3) is 0 Å². The minimum atomic E-state index is -0.404. The van der Waals surface area contributed by atoms with Crippen molar-refractivity contribution in [1.29, 1.82) is 0 Å². The number of hydrogen-bond acceptors (Lipinski definition) is 4. The Hall–Kier alpha value is -3.55. The highest BCUT2D eigenvalue weighted by Crippen LogP contribution is 2.32. The highest BCUT2D eigenvalue weighted by atomic mass is 19.1. The summed E-state index contributed by atoms with van der Waals surface area (Å²) in [6.07, 6.45) is 0.